The van der Waals surface area contributed by atoms with Gasteiger partial charge in [-0.15, -0.1) is 0 Å². The van der Waals surface area contributed by atoms with E-state index in [0.29, 0.717) is 20.4 Å². The zero-order chi connectivity index (χ0) is 9.42. The van der Waals surface area contributed by atoms with Gasteiger partial charge in [0.05, 0.1) is 4.70 Å². The molecule has 0 atom stereocenters. The van der Waals surface area contributed by atoms with E-state index >= 15 is 0 Å². The number of nitrogen functional groups attached to an aromatic ring is 1. The number of nitrogens with two attached hydrogens (primary N) is 1. The van der Waals surface area contributed by atoms with Crippen molar-refractivity contribution in [2.24, 2.45) is 5.84 Å². The Morgan fingerprint density at radius 2 is 2.31 bits per heavy atom. The van der Waals surface area contributed by atoms with Gasteiger partial charge >= 0.3 is 0 Å². The zero-order valence-electron chi connectivity index (χ0n) is 6.34. The van der Waals surface area contributed by atoms with Crippen LogP contribution in [0.25, 0.3) is 10.2 Å². The summed E-state index contributed by atoms with van der Waals surface area (Å²) in [6.07, 6.45) is 0. The fraction of sp³-hybridized carbons (Fsp3) is 0. The van der Waals surface area contributed by atoms with Crippen LogP contribution < -0.4 is 11.3 Å². The van der Waals surface area contributed by atoms with Crippen LogP contribution in [0.2, 0.25) is 5.02 Å². The minimum absolute atomic E-state index is 0.294. The second-order valence-electron chi connectivity index (χ2n) is 2.40. The number of nitrogens with one attached hydrogen (secondary N) is 1. The number of thiazole rings is 1. The first-order valence-electron chi connectivity index (χ1n) is 3.43. The van der Waals surface area contributed by atoms with Crippen LogP contribution >= 0.6 is 22.9 Å². The van der Waals surface area contributed by atoms with Crippen molar-refractivity contribution in [2.45, 2.75) is 0 Å². The number of hydrogen-bond acceptors (Lipinski definition) is 4. The van der Waals surface area contributed by atoms with Crippen molar-refractivity contribution in [1.82, 2.24) is 4.98 Å². The highest BCUT2D eigenvalue weighted by atomic mass is 35.5. The summed E-state index contributed by atoms with van der Waals surface area (Å²) in [5.74, 6) is 4.71. The number of fused-ring (bicyclic) bond motifs is 1. The van der Waals surface area contributed by atoms with Gasteiger partial charge in [-0.1, -0.05) is 22.9 Å². The molecule has 6 heteroatoms. The highest BCUT2D eigenvalue weighted by Crippen LogP contribution is 2.29. The van der Waals surface area contributed by atoms with E-state index < -0.39 is 5.82 Å². The van der Waals surface area contributed by atoms with Crippen LogP contribution in [0.1, 0.15) is 0 Å². The van der Waals surface area contributed by atoms with Crippen LogP contribution in [0.5, 0.6) is 0 Å². The molecule has 0 spiro atoms. The molecule has 0 saturated carbocycles. The van der Waals surface area contributed by atoms with E-state index in [-0.39, 0.29) is 0 Å². The Bertz CT molecular complexity index is 456. The Morgan fingerprint density at radius 3 is 3.00 bits per heavy atom. The third kappa shape index (κ3) is 1.46. The molecule has 1 heterocycles. The molecule has 0 radical (unpaired) electrons. The van der Waals surface area contributed by atoms with Crippen molar-refractivity contribution in [1.29, 1.82) is 0 Å². The fourth-order valence-electron chi connectivity index (χ4n) is 1.02. The second-order valence-corrected chi connectivity index (χ2v) is 3.86. The number of nitrogens with zero attached hydrogens (tertiary/aromatic N) is 1. The summed E-state index contributed by atoms with van der Waals surface area (Å²) in [7, 11) is 0. The Kier molecular flexibility index (Phi) is 2.07. The minimum atomic E-state index is -0.430. The summed E-state index contributed by atoms with van der Waals surface area (Å²) >= 11 is 6.92. The summed E-state index contributed by atoms with van der Waals surface area (Å²) in [6.45, 7) is 0. The molecule has 0 fully saturated rings. The molecular weight excluding hydrogens is 213 g/mol. The second kappa shape index (κ2) is 3.10. The van der Waals surface area contributed by atoms with Gasteiger partial charge in [-0.25, -0.2) is 15.2 Å². The fourth-order valence-corrected chi connectivity index (χ4v) is 2.12. The van der Waals surface area contributed by atoms with Crippen LogP contribution in [-0.4, -0.2) is 4.98 Å². The van der Waals surface area contributed by atoms with E-state index in [1.807, 2.05) is 0 Å². The highest BCUT2D eigenvalue weighted by Gasteiger charge is 2.08. The molecule has 13 heavy (non-hydrogen) atoms. The van der Waals surface area contributed by atoms with Gasteiger partial charge in [0.15, 0.2) is 10.9 Å². The molecule has 3 N–H and O–H groups in total. The summed E-state index contributed by atoms with van der Waals surface area (Å²) < 4.78 is 13.9. The van der Waals surface area contributed by atoms with Crippen LogP contribution in [0.3, 0.4) is 0 Å². The number of halogens is 2. The molecule has 3 nitrogen and oxygen atoms in total. The smallest absolute Gasteiger partial charge is 0.198 e. The van der Waals surface area contributed by atoms with E-state index in [4.69, 9.17) is 17.4 Å². The van der Waals surface area contributed by atoms with Gasteiger partial charge in [-0.3, -0.25) is 5.43 Å². The third-order valence-corrected chi connectivity index (χ3v) is 2.69. The standard InChI is InChI=1S/C7H5ClFN3S/c8-3-1-4(9)6-5(2-3)13-7(11-6)12-10/h1-2H,10H2,(H,11,12). The number of benzene rings is 1. The molecule has 2 rings (SSSR count). The maximum Gasteiger partial charge on any atom is 0.198 e. The topological polar surface area (TPSA) is 50.9 Å². The van der Waals surface area contributed by atoms with Crippen molar-refractivity contribution in [3.63, 3.8) is 0 Å². The normalized spacial score (nSPS) is 10.7. The molecule has 0 unspecified atom stereocenters. The lowest BCUT2D eigenvalue weighted by atomic mass is 10.3. The van der Waals surface area contributed by atoms with Crippen molar-refractivity contribution < 1.29 is 4.39 Å². The lowest BCUT2D eigenvalue weighted by molar-refractivity contribution is 0.637. The predicted molar refractivity (Wildman–Crippen MR) is 52.4 cm³/mol. The summed E-state index contributed by atoms with van der Waals surface area (Å²) in [5.41, 5.74) is 2.65. The molecule has 0 saturated heterocycles. The Balaban J connectivity index is 2.75. The molecule has 0 aliphatic rings. The SMILES string of the molecule is NNc1nc2c(F)cc(Cl)cc2s1. The van der Waals surface area contributed by atoms with Gasteiger partial charge in [0.2, 0.25) is 0 Å². The maximum atomic E-state index is 13.2. The van der Waals surface area contributed by atoms with Crippen molar-refractivity contribution in [3.8, 4) is 0 Å². The molecule has 68 valence electrons. The zero-order valence-corrected chi connectivity index (χ0v) is 7.92. The quantitative estimate of drug-likeness (QED) is 0.570. The Morgan fingerprint density at radius 1 is 1.54 bits per heavy atom. The highest BCUT2D eigenvalue weighted by molar-refractivity contribution is 7.22. The average molecular weight is 218 g/mol. The molecule has 0 aliphatic heterocycles. The summed E-state index contributed by atoms with van der Waals surface area (Å²) in [5, 5.41) is 0.827. The third-order valence-electron chi connectivity index (χ3n) is 1.54. The van der Waals surface area contributed by atoms with Gasteiger partial charge in [0.1, 0.15) is 5.52 Å². The van der Waals surface area contributed by atoms with Gasteiger partial charge in [-0.05, 0) is 12.1 Å². The van der Waals surface area contributed by atoms with Crippen LogP contribution in [0.4, 0.5) is 9.52 Å². The van der Waals surface area contributed by atoms with Gasteiger partial charge in [-0.2, -0.15) is 0 Å². The van der Waals surface area contributed by atoms with E-state index in [1.54, 1.807) is 6.07 Å². The molecular formula is C7H5ClFN3S. The molecule has 0 amide bonds. The maximum absolute atomic E-state index is 13.2. The van der Waals surface area contributed by atoms with Gasteiger partial charge < -0.3 is 0 Å². The lowest BCUT2D eigenvalue weighted by Crippen LogP contribution is -2.05. The van der Waals surface area contributed by atoms with Crippen molar-refractivity contribution >= 4 is 38.3 Å². The lowest BCUT2D eigenvalue weighted by Gasteiger charge is -1.90. The summed E-state index contributed by atoms with van der Waals surface area (Å²) in [6, 6.07) is 2.88. The van der Waals surface area contributed by atoms with E-state index in [1.165, 1.54) is 17.4 Å². The number of anilines is 1. The Hall–Kier alpha value is -0.910. The molecule has 1 aromatic carbocycles. The van der Waals surface area contributed by atoms with Crippen LogP contribution in [-0.2, 0) is 0 Å². The van der Waals surface area contributed by atoms with Gasteiger partial charge in [0, 0.05) is 5.02 Å². The van der Waals surface area contributed by atoms with E-state index in [9.17, 15) is 4.39 Å². The van der Waals surface area contributed by atoms with Crippen LogP contribution in [0, 0.1) is 5.82 Å². The largest absolute Gasteiger partial charge is 0.300 e. The first kappa shape index (κ1) is 8.68. The van der Waals surface area contributed by atoms with Crippen molar-refractivity contribution in [2.75, 3.05) is 5.43 Å². The van der Waals surface area contributed by atoms with E-state index in [0.717, 1.165) is 0 Å². The van der Waals surface area contributed by atoms with Crippen molar-refractivity contribution in [3.05, 3.63) is 23.0 Å². The predicted octanol–water partition coefficient (Wildman–Crippen LogP) is 2.37. The Labute approximate surface area is 82.3 Å². The number of hydrazine groups is 1. The molecule has 2 aromatic rings. The first-order valence-corrected chi connectivity index (χ1v) is 4.62. The molecule has 1 aromatic heterocycles. The van der Waals surface area contributed by atoms with E-state index in [2.05, 4.69) is 10.4 Å². The summed E-state index contributed by atoms with van der Waals surface area (Å²) in [4.78, 5) is 3.92. The number of hydrogen-bond donors (Lipinski definition) is 2. The van der Waals surface area contributed by atoms with Crippen LogP contribution in [0.15, 0.2) is 12.1 Å². The first-order chi connectivity index (χ1) is 6.20. The average Bonchev–Trinajstić information content (AvgIpc) is 2.47. The minimum Gasteiger partial charge on any atom is -0.300 e. The number of aromatic nitrogens is 1. The van der Waals surface area contributed by atoms with Gasteiger partial charge in [0.25, 0.3) is 0 Å². The molecule has 0 bridgehead atoms. The monoisotopic (exact) mass is 217 g/mol. The molecule has 0 aliphatic carbocycles. The number of rotatable bonds is 1.